The molecule has 2 nitrogen and oxygen atoms in total. The number of hydrogen-bond acceptors (Lipinski definition) is 2. The molecule has 0 heterocycles. The molecule has 0 aromatic heterocycles. The molecule has 0 aliphatic heterocycles. The van der Waals surface area contributed by atoms with E-state index in [4.69, 9.17) is 4.74 Å². The van der Waals surface area contributed by atoms with Crippen LogP contribution in [0.1, 0.15) is 32.3 Å². The summed E-state index contributed by atoms with van der Waals surface area (Å²) in [5.74, 6) is 1.68. The fraction of sp³-hybridized carbons (Fsp3) is 0.571. The molecule has 1 atom stereocenters. The monoisotopic (exact) mass is 221 g/mol. The van der Waals surface area contributed by atoms with Crippen LogP contribution in [-0.2, 0) is 0 Å². The van der Waals surface area contributed by atoms with Gasteiger partial charge >= 0.3 is 0 Å². The first-order valence-electron chi connectivity index (χ1n) is 6.05. The van der Waals surface area contributed by atoms with Gasteiger partial charge in [0.25, 0.3) is 0 Å². The average Bonchev–Trinajstić information content (AvgIpc) is 2.27. The second-order valence-electron chi connectivity index (χ2n) is 4.46. The Labute approximate surface area is 99.0 Å². The van der Waals surface area contributed by atoms with Gasteiger partial charge in [0.2, 0.25) is 0 Å². The minimum atomic E-state index is 0.729. The number of aryl methyl sites for hydroxylation is 1. The maximum absolute atomic E-state index is 5.24. The smallest absolute Gasteiger partial charge is 0.121 e. The van der Waals surface area contributed by atoms with Crippen LogP contribution >= 0.6 is 0 Å². The van der Waals surface area contributed by atoms with Gasteiger partial charge in [0.15, 0.2) is 0 Å². The highest BCUT2D eigenvalue weighted by atomic mass is 16.5. The highest BCUT2D eigenvalue weighted by Gasteiger charge is 2.02. The summed E-state index contributed by atoms with van der Waals surface area (Å²) in [6, 6.07) is 6.23. The van der Waals surface area contributed by atoms with Crippen molar-refractivity contribution in [1.29, 1.82) is 0 Å². The molecular formula is C14H23NO. The van der Waals surface area contributed by atoms with Gasteiger partial charge in [-0.3, -0.25) is 0 Å². The van der Waals surface area contributed by atoms with E-state index in [2.05, 4.69) is 38.2 Å². The Bertz CT molecular complexity index is 323. The molecule has 1 aromatic carbocycles. The van der Waals surface area contributed by atoms with Crippen molar-refractivity contribution in [2.24, 2.45) is 5.92 Å². The standard InChI is InChI=1S/C14H23NO/c1-5-6-11(2)10-15-13-7-8-14(16-4)12(3)9-13/h7-9,11,15H,5-6,10H2,1-4H3. The van der Waals surface area contributed by atoms with E-state index in [1.54, 1.807) is 7.11 Å². The summed E-state index contributed by atoms with van der Waals surface area (Å²) in [4.78, 5) is 0. The van der Waals surface area contributed by atoms with Crippen molar-refractivity contribution < 1.29 is 4.74 Å². The zero-order valence-corrected chi connectivity index (χ0v) is 10.8. The second-order valence-corrected chi connectivity index (χ2v) is 4.46. The lowest BCUT2D eigenvalue weighted by molar-refractivity contribution is 0.412. The van der Waals surface area contributed by atoms with Crippen molar-refractivity contribution in [3.05, 3.63) is 23.8 Å². The fourth-order valence-corrected chi connectivity index (χ4v) is 1.88. The Kier molecular flexibility index (Phi) is 5.17. The molecule has 0 spiro atoms. The van der Waals surface area contributed by atoms with Crippen molar-refractivity contribution in [3.8, 4) is 5.75 Å². The van der Waals surface area contributed by atoms with Gasteiger partial charge in [0.05, 0.1) is 7.11 Å². The zero-order chi connectivity index (χ0) is 12.0. The van der Waals surface area contributed by atoms with Gasteiger partial charge in [-0.25, -0.2) is 0 Å². The molecule has 0 amide bonds. The van der Waals surface area contributed by atoms with Gasteiger partial charge in [0, 0.05) is 12.2 Å². The number of nitrogens with one attached hydrogen (secondary N) is 1. The number of ether oxygens (including phenoxy) is 1. The minimum Gasteiger partial charge on any atom is -0.496 e. The Morgan fingerprint density at radius 2 is 2.12 bits per heavy atom. The van der Waals surface area contributed by atoms with Gasteiger partial charge in [-0.15, -0.1) is 0 Å². The van der Waals surface area contributed by atoms with Crippen LogP contribution in [0.25, 0.3) is 0 Å². The van der Waals surface area contributed by atoms with Crippen molar-refractivity contribution >= 4 is 5.69 Å². The van der Waals surface area contributed by atoms with Crippen molar-refractivity contribution in [2.75, 3.05) is 19.0 Å². The van der Waals surface area contributed by atoms with Crippen LogP contribution in [0.2, 0.25) is 0 Å². The molecule has 0 radical (unpaired) electrons. The number of hydrogen-bond donors (Lipinski definition) is 1. The summed E-state index contributed by atoms with van der Waals surface area (Å²) in [6.07, 6.45) is 2.53. The predicted octanol–water partition coefficient (Wildman–Crippen LogP) is 3.85. The van der Waals surface area contributed by atoms with Crippen molar-refractivity contribution in [2.45, 2.75) is 33.6 Å². The minimum absolute atomic E-state index is 0.729. The number of rotatable bonds is 6. The highest BCUT2D eigenvalue weighted by Crippen LogP contribution is 2.21. The number of methoxy groups -OCH3 is 1. The van der Waals surface area contributed by atoms with E-state index in [-0.39, 0.29) is 0 Å². The third-order valence-corrected chi connectivity index (χ3v) is 2.83. The molecular weight excluding hydrogens is 198 g/mol. The van der Waals surface area contributed by atoms with E-state index in [9.17, 15) is 0 Å². The van der Waals surface area contributed by atoms with Crippen molar-refractivity contribution in [3.63, 3.8) is 0 Å². The normalized spacial score (nSPS) is 12.2. The van der Waals surface area contributed by atoms with Crippen LogP contribution in [0.15, 0.2) is 18.2 Å². The molecule has 0 bridgehead atoms. The summed E-state index contributed by atoms with van der Waals surface area (Å²) >= 11 is 0. The molecule has 1 unspecified atom stereocenters. The Balaban J connectivity index is 2.51. The second kappa shape index (κ2) is 6.41. The van der Waals surface area contributed by atoms with Gasteiger partial charge in [0.1, 0.15) is 5.75 Å². The average molecular weight is 221 g/mol. The molecule has 0 fully saturated rings. The van der Waals surface area contributed by atoms with E-state index in [1.165, 1.54) is 24.1 Å². The first-order valence-corrected chi connectivity index (χ1v) is 6.05. The van der Waals surface area contributed by atoms with E-state index in [0.29, 0.717) is 0 Å². The molecule has 90 valence electrons. The van der Waals surface area contributed by atoms with Crippen LogP contribution < -0.4 is 10.1 Å². The highest BCUT2D eigenvalue weighted by molar-refractivity contribution is 5.50. The largest absolute Gasteiger partial charge is 0.496 e. The van der Waals surface area contributed by atoms with Gasteiger partial charge in [-0.05, 0) is 43.0 Å². The Hall–Kier alpha value is -1.18. The summed E-state index contributed by atoms with van der Waals surface area (Å²) in [5, 5.41) is 3.47. The van der Waals surface area contributed by atoms with E-state index >= 15 is 0 Å². The SMILES string of the molecule is CCCC(C)CNc1ccc(OC)c(C)c1. The Morgan fingerprint density at radius 3 is 2.69 bits per heavy atom. The number of benzene rings is 1. The zero-order valence-electron chi connectivity index (χ0n) is 10.8. The maximum Gasteiger partial charge on any atom is 0.121 e. The molecule has 0 saturated heterocycles. The number of anilines is 1. The van der Waals surface area contributed by atoms with E-state index in [0.717, 1.165) is 18.2 Å². The maximum atomic E-state index is 5.24. The van der Waals surface area contributed by atoms with Crippen LogP contribution in [0.5, 0.6) is 5.75 Å². The summed E-state index contributed by atoms with van der Waals surface area (Å²) in [6.45, 7) is 7.63. The third kappa shape index (κ3) is 3.76. The lowest BCUT2D eigenvalue weighted by atomic mass is 10.1. The summed E-state index contributed by atoms with van der Waals surface area (Å²) < 4.78 is 5.24. The van der Waals surface area contributed by atoms with Gasteiger partial charge in [-0.2, -0.15) is 0 Å². The molecule has 0 aliphatic rings. The van der Waals surface area contributed by atoms with E-state index < -0.39 is 0 Å². The van der Waals surface area contributed by atoms with Crippen LogP contribution in [-0.4, -0.2) is 13.7 Å². The molecule has 1 rings (SSSR count). The van der Waals surface area contributed by atoms with Crippen LogP contribution in [0.4, 0.5) is 5.69 Å². The Morgan fingerprint density at radius 1 is 1.38 bits per heavy atom. The quantitative estimate of drug-likeness (QED) is 0.787. The molecule has 1 N–H and O–H groups in total. The van der Waals surface area contributed by atoms with Gasteiger partial charge in [-0.1, -0.05) is 20.3 Å². The fourth-order valence-electron chi connectivity index (χ4n) is 1.88. The summed E-state index contributed by atoms with van der Waals surface area (Å²) in [7, 11) is 1.71. The molecule has 2 heteroatoms. The van der Waals surface area contributed by atoms with Crippen LogP contribution in [0, 0.1) is 12.8 Å². The van der Waals surface area contributed by atoms with Gasteiger partial charge < -0.3 is 10.1 Å². The topological polar surface area (TPSA) is 21.3 Å². The lowest BCUT2D eigenvalue weighted by Crippen LogP contribution is -2.11. The lowest BCUT2D eigenvalue weighted by Gasteiger charge is -2.13. The summed E-state index contributed by atoms with van der Waals surface area (Å²) in [5.41, 5.74) is 2.36. The molecule has 1 aromatic rings. The first-order chi connectivity index (χ1) is 7.67. The first kappa shape index (κ1) is 12.9. The molecule has 0 aliphatic carbocycles. The predicted molar refractivity (Wildman–Crippen MR) is 70.3 cm³/mol. The van der Waals surface area contributed by atoms with Crippen LogP contribution in [0.3, 0.4) is 0 Å². The van der Waals surface area contributed by atoms with E-state index in [1.807, 2.05) is 6.07 Å². The van der Waals surface area contributed by atoms with Crippen molar-refractivity contribution in [1.82, 2.24) is 0 Å². The third-order valence-electron chi connectivity index (χ3n) is 2.83. The molecule has 16 heavy (non-hydrogen) atoms. The molecule has 0 saturated carbocycles.